The Hall–Kier alpha value is -1.66. The van der Waals surface area contributed by atoms with Gasteiger partial charge in [-0.25, -0.2) is 0 Å². The first-order valence-corrected chi connectivity index (χ1v) is 7.24. The van der Waals surface area contributed by atoms with Gasteiger partial charge in [-0.05, 0) is 42.4 Å². The van der Waals surface area contributed by atoms with Gasteiger partial charge in [0.05, 0.1) is 11.5 Å². The number of hydrogen-bond acceptors (Lipinski definition) is 5. The Bertz CT molecular complexity index is 473. The van der Waals surface area contributed by atoms with E-state index < -0.39 is 4.92 Å². The molecule has 0 heterocycles. The maximum absolute atomic E-state index is 11.1. The second-order valence-corrected chi connectivity index (χ2v) is 5.30. The van der Waals surface area contributed by atoms with Crippen LogP contribution in [0.15, 0.2) is 18.2 Å². The van der Waals surface area contributed by atoms with Crippen LogP contribution in [-0.2, 0) is 6.61 Å². The van der Waals surface area contributed by atoms with Crippen LogP contribution in [0.1, 0.15) is 38.7 Å². The molecule has 118 valence electrons. The molecule has 0 atom stereocenters. The first kappa shape index (κ1) is 17.4. The van der Waals surface area contributed by atoms with Gasteiger partial charge in [-0.15, -0.1) is 0 Å². The van der Waals surface area contributed by atoms with E-state index in [0.29, 0.717) is 24.2 Å². The molecule has 0 aromatic heterocycles. The third-order valence-electron chi connectivity index (χ3n) is 4.24. The number of rotatable bonds is 9. The molecule has 3 N–H and O–H groups in total. The van der Waals surface area contributed by atoms with Crippen LogP contribution in [0.5, 0.6) is 0 Å². The zero-order chi connectivity index (χ0) is 15.9. The largest absolute Gasteiger partial charge is 0.396 e. The lowest BCUT2D eigenvalue weighted by atomic mass is 9.79. The van der Waals surface area contributed by atoms with Crippen LogP contribution < -0.4 is 5.32 Å². The molecule has 0 aliphatic carbocycles. The molecule has 0 saturated heterocycles. The fraction of sp³-hybridized carbons (Fsp3) is 0.600. The first-order chi connectivity index (χ1) is 10.0. The van der Waals surface area contributed by atoms with Crippen molar-refractivity contribution in [2.45, 2.75) is 39.7 Å². The van der Waals surface area contributed by atoms with Gasteiger partial charge >= 0.3 is 0 Å². The Kier molecular flexibility index (Phi) is 6.58. The van der Waals surface area contributed by atoms with Crippen molar-refractivity contribution in [2.24, 2.45) is 5.41 Å². The monoisotopic (exact) mass is 296 g/mol. The predicted octanol–water partition coefficient (Wildman–Crippen LogP) is 2.69. The van der Waals surface area contributed by atoms with Gasteiger partial charge in [-0.3, -0.25) is 10.1 Å². The summed E-state index contributed by atoms with van der Waals surface area (Å²) in [6.45, 7) is 4.60. The minimum atomic E-state index is -0.435. The number of nitro benzene ring substituents is 1. The Morgan fingerprint density at radius 1 is 1.29 bits per heavy atom. The number of nitrogens with zero attached hydrogens (tertiary/aromatic N) is 1. The molecular weight excluding hydrogens is 272 g/mol. The fourth-order valence-corrected chi connectivity index (χ4v) is 2.44. The van der Waals surface area contributed by atoms with Crippen molar-refractivity contribution in [1.29, 1.82) is 0 Å². The van der Waals surface area contributed by atoms with E-state index in [1.807, 2.05) is 0 Å². The maximum Gasteiger partial charge on any atom is 0.292 e. The van der Waals surface area contributed by atoms with Gasteiger partial charge in [-0.1, -0.05) is 13.8 Å². The molecule has 6 nitrogen and oxygen atoms in total. The van der Waals surface area contributed by atoms with Crippen LogP contribution in [0.3, 0.4) is 0 Å². The molecule has 0 fully saturated rings. The summed E-state index contributed by atoms with van der Waals surface area (Å²) >= 11 is 0. The lowest BCUT2D eigenvalue weighted by Crippen LogP contribution is -2.30. The van der Waals surface area contributed by atoms with Crippen LogP contribution in [0.25, 0.3) is 0 Å². The van der Waals surface area contributed by atoms with Crippen LogP contribution in [0.2, 0.25) is 0 Å². The van der Waals surface area contributed by atoms with Gasteiger partial charge in [0, 0.05) is 19.2 Å². The molecule has 1 rings (SSSR count). The summed E-state index contributed by atoms with van der Waals surface area (Å²) in [5, 5.41) is 32.6. The highest BCUT2D eigenvalue weighted by atomic mass is 16.6. The van der Waals surface area contributed by atoms with Crippen LogP contribution in [0.4, 0.5) is 11.4 Å². The topological polar surface area (TPSA) is 95.6 Å². The van der Waals surface area contributed by atoms with Gasteiger partial charge in [-0.2, -0.15) is 0 Å². The predicted molar refractivity (Wildman–Crippen MR) is 82.2 cm³/mol. The van der Waals surface area contributed by atoms with Crippen molar-refractivity contribution in [3.05, 3.63) is 33.9 Å². The molecule has 0 amide bonds. The smallest absolute Gasteiger partial charge is 0.292 e. The zero-order valence-corrected chi connectivity index (χ0v) is 12.6. The summed E-state index contributed by atoms with van der Waals surface area (Å²) in [4.78, 5) is 10.6. The molecule has 1 aromatic rings. The number of nitrogens with one attached hydrogen (secondary N) is 1. The van der Waals surface area contributed by atoms with E-state index in [4.69, 9.17) is 5.11 Å². The number of anilines is 1. The highest BCUT2D eigenvalue weighted by Gasteiger charge is 2.26. The molecule has 0 unspecified atom stereocenters. The number of aliphatic hydroxyl groups excluding tert-OH is 2. The molecule has 0 saturated carbocycles. The molecule has 0 radical (unpaired) electrons. The summed E-state index contributed by atoms with van der Waals surface area (Å²) in [6.07, 6.45) is 2.41. The minimum absolute atomic E-state index is 0.00250. The van der Waals surface area contributed by atoms with Crippen molar-refractivity contribution < 1.29 is 15.1 Å². The van der Waals surface area contributed by atoms with E-state index >= 15 is 0 Å². The van der Waals surface area contributed by atoms with Gasteiger partial charge in [0.15, 0.2) is 0 Å². The van der Waals surface area contributed by atoms with Gasteiger partial charge in [0.25, 0.3) is 5.69 Å². The Balaban J connectivity index is 2.97. The summed E-state index contributed by atoms with van der Waals surface area (Å²) in [6, 6.07) is 4.55. The van der Waals surface area contributed by atoms with E-state index in [2.05, 4.69) is 19.2 Å². The average Bonchev–Trinajstić information content (AvgIpc) is 2.51. The fourth-order valence-electron chi connectivity index (χ4n) is 2.44. The van der Waals surface area contributed by atoms with E-state index in [1.165, 1.54) is 6.07 Å². The summed E-state index contributed by atoms with van der Waals surface area (Å²) in [7, 11) is 0. The number of hydrogen-bond donors (Lipinski definition) is 3. The van der Waals surface area contributed by atoms with Crippen LogP contribution >= 0.6 is 0 Å². The highest BCUT2D eigenvalue weighted by molar-refractivity contribution is 5.62. The highest BCUT2D eigenvalue weighted by Crippen LogP contribution is 2.33. The average molecular weight is 296 g/mol. The second kappa shape index (κ2) is 7.95. The second-order valence-electron chi connectivity index (χ2n) is 5.30. The van der Waals surface area contributed by atoms with Crippen LogP contribution in [0, 0.1) is 15.5 Å². The van der Waals surface area contributed by atoms with Gasteiger partial charge in [0.1, 0.15) is 5.69 Å². The normalized spacial score (nSPS) is 11.4. The third-order valence-corrected chi connectivity index (χ3v) is 4.24. The van der Waals surface area contributed by atoms with Crippen molar-refractivity contribution in [3.63, 3.8) is 0 Å². The minimum Gasteiger partial charge on any atom is -0.396 e. The number of nitro groups is 1. The quantitative estimate of drug-likeness (QED) is 0.481. The number of aliphatic hydroxyl groups is 2. The maximum atomic E-state index is 11.1. The molecule has 6 heteroatoms. The van der Waals surface area contributed by atoms with Crippen molar-refractivity contribution >= 4 is 11.4 Å². The summed E-state index contributed by atoms with van der Waals surface area (Å²) in [5.74, 6) is 0. The summed E-state index contributed by atoms with van der Waals surface area (Å²) in [5.41, 5.74) is 0.953. The lowest BCUT2D eigenvalue weighted by molar-refractivity contribution is -0.384. The van der Waals surface area contributed by atoms with Crippen molar-refractivity contribution in [2.75, 3.05) is 18.5 Å². The van der Waals surface area contributed by atoms with E-state index in [-0.39, 0.29) is 24.3 Å². The molecular formula is C15H24N2O4. The molecule has 0 aliphatic heterocycles. The van der Waals surface area contributed by atoms with Crippen molar-refractivity contribution in [3.8, 4) is 0 Å². The Labute approximate surface area is 125 Å². The zero-order valence-electron chi connectivity index (χ0n) is 12.6. The Morgan fingerprint density at radius 2 is 1.95 bits per heavy atom. The van der Waals surface area contributed by atoms with Crippen LogP contribution in [-0.4, -0.2) is 28.3 Å². The molecule has 0 spiro atoms. The SMILES string of the molecule is CCC(CC)(CCO)CNc1cc(CO)ccc1[N+](=O)[O-]. The molecule has 21 heavy (non-hydrogen) atoms. The molecule has 1 aromatic carbocycles. The van der Waals surface area contributed by atoms with E-state index in [0.717, 1.165) is 12.8 Å². The van der Waals surface area contributed by atoms with E-state index in [9.17, 15) is 15.2 Å². The third kappa shape index (κ3) is 4.41. The molecule has 0 aliphatic rings. The van der Waals surface area contributed by atoms with Gasteiger partial charge in [0.2, 0.25) is 0 Å². The van der Waals surface area contributed by atoms with Gasteiger partial charge < -0.3 is 15.5 Å². The van der Waals surface area contributed by atoms with E-state index in [1.54, 1.807) is 12.1 Å². The molecule has 0 bridgehead atoms. The summed E-state index contributed by atoms with van der Waals surface area (Å²) < 4.78 is 0. The first-order valence-electron chi connectivity index (χ1n) is 7.24. The number of benzene rings is 1. The standard InChI is InChI=1S/C15H24N2O4/c1-3-15(4-2,7-8-18)11-16-13-9-12(10-19)5-6-14(13)17(20)21/h5-6,9,16,18-19H,3-4,7-8,10-11H2,1-2H3. The Morgan fingerprint density at radius 3 is 2.43 bits per heavy atom. The van der Waals surface area contributed by atoms with Crippen molar-refractivity contribution in [1.82, 2.24) is 0 Å². The lowest BCUT2D eigenvalue weighted by Gasteiger charge is -2.31.